The van der Waals surface area contributed by atoms with E-state index in [4.69, 9.17) is 11.6 Å². The Morgan fingerprint density at radius 1 is 0.962 bits per heavy atom. The van der Waals surface area contributed by atoms with Crippen molar-refractivity contribution in [2.75, 3.05) is 32.7 Å². The molecule has 0 bridgehead atoms. The number of halogens is 1. The first kappa shape index (κ1) is 17.6. The summed E-state index contributed by atoms with van der Waals surface area (Å²) >= 11 is 5.90. The van der Waals surface area contributed by atoms with Gasteiger partial charge in [-0.05, 0) is 36.6 Å². The number of hydrogen-bond acceptors (Lipinski definition) is 2. The molecule has 2 fully saturated rings. The van der Waals surface area contributed by atoms with Gasteiger partial charge in [-0.2, -0.15) is 0 Å². The van der Waals surface area contributed by atoms with Crippen LogP contribution in [0.15, 0.2) is 48.5 Å². The van der Waals surface area contributed by atoms with E-state index in [1.165, 1.54) is 11.1 Å². The normalized spacial score (nSPS) is 18.5. The monoisotopic (exact) mass is 368 g/mol. The third-order valence-electron chi connectivity index (χ3n) is 5.63. The number of benzene rings is 2. The van der Waals surface area contributed by atoms with E-state index in [1.54, 1.807) is 0 Å². The van der Waals surface area contributed by atoms with Crippen LogP contribution in [-0.2, 0) is 17.6 Å². The minimum absolute atomic E-state index is 0.232. The van der Waals surface area contributed by atoms with E-state index in [9.17, 15) is 4.79 Å². The predicted molar refractivity (Wildman–Crippen MR) is 105 cm³/mol. The van der Waals surface area contributed by atoms with E-state index in [1.807, 2.05) is 29.2 Å². The number of likely N-dealkylation sites (tertiary alicyclic amines) is 2. The first-order valence-electron chi connectivity index (χ1n) is 9.32. The second-order valence-corrected chi connectivity index (χ2v) is 8.44. The van der Waals surface area contributed by atoms with E-state index in [-0.39, 0.29) is 5.91 Å². The molecule has 2 aliphatic rings. The van der Waals surface area contributed by atoms with E-state index in [0.29, 0.717) is 16.9 Å². The largest absolute Gasteiger partial charge is 0.341 e. The molecule has 136 valence electrons. The second kappa shape index (κ2) is 7.05. The lowest BCUT2D eigenvalue weighted by atomic mass is 9.72. The molecule has 4 rings (SSSR count). The Labute approximate surface area is 160 Å². The van der Waals surface area contributed by atoms with Gasteiger partial charge in [-0.15, -0.1) is 0 Å². The van der Waals surface area contributed by atoms with Gasteiger partial charge >= 0.3 is 0 Å². The zero-order valence-electron chi connectivity index (χ0n) is 15.2. The summed E-state index contributed by atoms with van der Waals surface area (Å²) in [5.74, 6) is 0.232. The molecule has 3 nitrogen and oxygen atoms in total. The summed E-state index contributed by atoms with van der Waals surface area (Å²) in [4.78, 5) is 16.9. The van der Waals surface area contributed by atoms with Crippen molar-refractivity contribution in [3.8, 4) is 0 Å². The van der Waals surface area contributed by atoms with Crippen LogP contribution in [0.5, 0.6) is 0 Å². The smallest absolute Gasteiger partial charge is 0.227 e. The van der Waals surface area contributed by atoms with Crippen LogP contribution in [0.3, 0.4) is 0 Å². The van der Waals surface area contributed by atoms with Crippen LogP contribution >= 0.6 is 11.6 Å². The molecule has 0 aromatic heterocycles. The Bertz CT molecular complexity index is 771. The van der Waals surface area contributed by atoms with Gasteiger partial charge in [0.25, 0.3) is 0 Å². The highest BCUT2D eigenvalue weighted by Crippen LogP contribution is 2.39. The van der Waals surface area contributed by atoms with Crippen molar-refractivity contribution >= 4 is 17.5 Å². The summed E-state index contributed by atoms with van der Waals surface area (Å²) in [6.45, 7) is 7.33. The highest BCUT2D eigenvalue weighted by Gasteiger charge is 2.52. The highest BCUT2D eigenvalue weighted by atomic mass is 35.5. The fourth-order valence-corrected chi connectivity index (χ4v) is 4.26. The maximum atomic E-state index is 12.4. The number of rotatable bonds is 5. The Morgan fingerprint density at radius 2 is 1.58 bits per heavy atom. The van der Waals surface area contributed by atoms with Crippen molar-refractivity contribution < 1.29 is 4.79 Å². The van der Waals surface area contributed by atoms with Crippen LogP contribution in [0.2, 0.25) is 5.02 Å². The summed E-state index contributed by atoms with van der Waals surface area (Å²) < 4.78 is 0. The lowest BCUT2D eigenvalue weighted by Gasteiger charge is -2.60. The fourth-order valence-electron chi connectivity index (χ4n) is 4.13. The molecule has 2 aromatic carbocycles. The lowest BCUT2D eigenvalue weighted by molar-refractivity contribution is -0.158. The SMILES string of the molecule is Cc1ccc(CCN2CC3(C2)CN(C(=O)Cc2ccc(Cl)cc2)C3)cc1. The van der Waals surface area contributed by atoms with Gasteiger partial charge in [0.15, 0.2) is 0 Å². The third-order valence-corrected chi connectivity index (χ3v) is 5.88. The molecule has 2 aromatic rings. The molecule has 2 saturated heterocycles. The predicted octanol–water partition coefficient (Wildman–Crippen LogP) is 3.58. The zero-order chi connectivity index (χ0) is 18.1. The van der Waals surface area contributed by atoms with Gasteiger partial charge in [-0.1, -0.05) is 53.6 Å². The van der Waals surface area contributed by atoms with Crippen molar-refractivity contribution in [2.45, 2.75) is 19.8 Å². The molecule has 1 spiro atoms. The van der Waals surface area contributed by atoms with Crippen molar-refractivity contribution in [3.63, 3.8) is 0 Å². The summed E-state index contributed by atoms with van der Waals surface area (Å²) in [5, 5.41) is 0.712. The van der Waals surface area contributed by atoms with Gasteiger partial charge in [0.2, 0.25) is 5.91 Å². The quantitative estimate of drug-likeness (QED) is 0.805. The van der Waals surface area contributed by atoms with Crippen LogP contribution in [0.4, 0.5) is 0 Å². The molecular formula is C22H25ClN2O. The molecule has 26 heavy (non-hydrogen) atoms. The van der Waals surface area contributed by atoms with Crippen molar-refractivity contribution in [3.05, 3.63) is 70.2 Å². The van der Waals surface area contributed by atoms with Gasteiger partial charge in [0.1, 0.15) is 0 Å². The molecule has 1 amide bonds. The van der Waals surface area contributed by atoms with E-state index < -0.39 is 0 Å². The Hall–Kier alpha value is -1.84. The molecular weight excluding hydrogens is 344 g/mol. The average molecular weight is 369 g/mol. The first-order valence-corrected chi connectivity index (χ1v) is 9.69. The van der Waals surface area contributed by atoms with Gasteiger partial charge in [0.05, 0.1) is 6.42 Å². The minimum atomic E-state index is 0.232. The summed E-state index contributed by atoms with van der Waals surface area (Å²) in [5.41, 5.74) is 4.12. The number of carbonyl (C=O) groups excluding carboxylic acids is 1. The fraction of sp³-hybridized carbons (Fsp3) is 0.409. The molecule has 2 heterocycles. The highest BCUT2D eigenvalue weighted by molar-refractivity contribution is 6.30. The van der Waals surface area contributed by atoms with E-state index in [2.05, 4.69) is 36.1 Å². The standard InChI is InChI=1S/C22H25ClN2O/c1-17-2-4-18(5-3-17)10-11-24-13-22(14-24)15-25(16-22)21(26)12-19-6-8-20(23)9-7-19/h2-9H,10-16H2,1H3. The van der Waals surface area contributed by atoms with E-state index >= 15 is 0 Å². The van der Waals surface area contributed by atoms with Gasteiger partial charge in [0, 0.05) is 43.2 Å². The van der Waals surface area contributed by atoms with Crippen molar-refractivity contribution in [1.82, 2.24) is 9.80 Å². The molecule has 0 atom stereocenters. The van der Waals surface area contributed by atoms with Crippen molar-refractivity contribution in [1.29, 1.82) is 0 Å². The second-order valence-electron chi connectivity index (χ2n) is 8.00. The van der Waals surface area contributed by atoms with Gasteiger partial charge < -0.3 is 9.80 Å². The van der Waals surface area contributed by atoms with Crippen molar-refractivity contribution in [2.24, 2.45) is 5.41 Å². The average Bonchev–Trinajstić information content (AvgIpc) is 2.55. The molecule has 0 N–H and O–H groups in total. The number of nitrogens with zero attached hydrogens (tertiary/aromatic N) is 2. The van der Waals surface area contributed by atoms with Gasteiger partial charge in [-0.25, -0.2) is 0 Å². The molecule has 0 radical (unpaired) electrons. The minimum Gasteiger partial charge on any atom is -0.341 e. The van der Waals surface area contributed by atoms with Crippen LogP contribution in [0.25, 0.3) is 0 Å². The molecule has 2 aliphatic heterocycles. The number of aryl methyl sites for hydroxylation is 1. The van der Waals surface area contributed by atoms with Crippen LogP contribution < -0.4 is 0 Å². The Balaban J connectivity index is 1.19. The number of carbonyl (C=O) groups is 1. The summed E-state index contributed by atoms with van der Waals surface area (Å²) in [6.07, 6.45) is 1.58. The molecule has 4 heteroatoms. The third kappa shape index (κ3) is 3.79. The van der Waals surface area contributed by atoms with E-state index in [0.717, 1.165) is 44.7 Å². The summed E-state index contributed by atoms with van der Waals surface area (Å²) in [6, 6.07) is 16.4. The van der Waals surface area contributed by atoms with Crippen LogP contribution in [-0.4, -0.2) is 48.4 Å². The van der Waals surface area contributed by atoms with Crippen LogP contribution in [0.1, 0.15) is 16.7 Å². The number of amides is 1. The molecule has 0 saturated carbocycles. The Kier molecular flexibility index (Phi) is 4.76. The maximum absolute atomic E-state index is 12.4. The lowest BCUT2D eigenvalue weighted by Crippen LogP contribution is -2.73. The van der Waals surface area contributed by atoms with Gasteiger partial charge in [-0.3, -0.25) is 4.79 Å². The zero-order valence-corrected chi connectivity index (χ0v) is 16.0. The Morgan fingerprint density at radius 3 is 2.23 bits per heavy atom. The molecule has 0 aliphatic carbocycles. The summed E-state index contributed by atoms with van der Waals surface area (Å²) in [7, 11) is 0. The first-order chi connectivity index (χ1) is 12.5. The maximum Gasteiger partial charge on any atom is 0.227 e. The van der Waals surface area contributed by atoms with Crippen LogP contribution in [0, 0.1) is 12.3 Å². The number of hydrogen-bond donors (Lipinski definition) is 0. The molecule has 0 unspecified atom stereocenters. The topological polar surface area (TPSA) is 23.6 Å².